The van der Waals surface area contributed by atoms with E-state index in [-0.39, 0.29) is 25.4 Å². The van der Waals surface area contributed by atoms with Crippen molar-refractivity contribution in [1.29, 1.82) is 0 Å². The fraction of sp³-hybridized carbons (Fsp3) is 0.600. The number of hydrogen-bond donors (Lipinski definition) is 1. The third-order valence-corrected chi connectivity index (χ3v) is 4.27. The predicted molar refractivity (Wildman–Crippen MR) is 99.8 cm³/mol. The van der Waals surface area contributed by atoms with E-state index in [9.17, 15) is 14.7 Å². The smallest absolute Gasteiger partial charge is 0.306 e. The maximum atomic E-state index is 11.8. The number of hydrogen-bond acceptors (Lipinski definition) is 4. The van der Waals surface area contributed by atoms with E-state index in [1.165, 1.54) is 0 Å². The quantitative estimate of drug-likeness (QED) is 0.414. The van der Waals surface area contributed by atoms with Crippen molar-refractivity contribution in [2.45, 2.75) is 78.2 Å². The SMILES string of the molecule is CCCCc1cc(COC(=O)CCCC(=O)Cl)cc(CCCC)c1O. The highest BCUT2D eigenvalue weighted by molar-refractivity contribution is 6.63. The molecule has 0 atom stereocenters. The first kappa shape index (κ1) is 21.5. The zero-order valence-electron chi connectivity index (χ0n) is 15.3. The van der Waals surface area contributed by atoms with Crippen LogP contribution in [0.2, 0.25) is 0 Å². The first-order chi connectivity index (χ1) is 12.0. The number of aryl methyl sites for hydroxylation is 2. The Morgan fingerprint density at radius 1 is 1.00 bits per heavy atom. The Bertz CT molecular complexity index is 540. The number of phenolic OH excluding ortho intramolecular Hbond substituents is 1. The minimum Gasteiger partial charge on any atom is -0.507 e. The molecule has 25 heavy (non-hydrogen) atoms. The summed E-state index contributed by atoms with van der Waals surface area (Å²) in [7, 11) is 0. The van der Waals surface area contributed by atoms with Gasteiger partial charge in [0.15, 0.2) is 0 Å². The minimum absolute atomic E-state index is 0.179. The van der Waals surface area contributed by atoms with Crippen LogP contribution in [0.1, 0.15) is 75.5 Å². The monoisotopic (exact) mass is 368 g/mol. The molecule has 0 spiro atoms. The summed E-state index contributed by atoms with van der Waals surface area (Å²) >= 11 is 5.25. The van der Waals surface area contributed by atoms with Crippen molar-refractivity contribution in [3.05, 3.63) is 28.8 Å². The Morgan fingerprint density at radius 2 is 1.56 bits per heavy atom. The van der Waals surface area contributed by atoms with Crippen molar-refractivity contribution in [2.75, 3.05) is 0 Å². The molecule has 140 valence electrons. The van der Waals surface area contributed by atoms with Crippen molar-refractivity contribution in [2.24, 2.45) is 0 Å². The van der Waals surface area contributed by atoms with E-state index in [1.807, 2.05) is 12.1 Å². The van der Waals surface area contributed by atoms with Gasteiger partial charge in [-0.15, -0.1) is 0 Å². The number of rotatable bonds is 12. The highest BCUT2D eigenvalue weighted by Gasteiger charge is 2.12. The predicted octanol–water partition coefficient (Wildman–Crippen LogP) is 5.06. The summed E-state index contributed by atoms with van der Waals surface area (Å²) in [5.41, 5.74) is 2.75. The number of halogens is 1. The first-order valence-electron chi connectivity index (χ1n) is 9.15. The molecule has 0 bridgehead atoms. The second kappa shape index (κ2) is 11.9. The normalized spacial score (nSPS) is 10.7. The molecule has 0 aliphatic heterocycles. The number of benzene rings is 1. The Morgan fingerprint density at radius 3 is 2.04 bits per heavy atom. The van der Waals surface area contributed by atoms with Gasteiger partial charge in [-0.25, -0.2) is 0 Å². The average Bonchev–Trinajstić information content (AvgIpc) is 2.58. The number of esters is 1. The van der Waals surface area contributed by atoms with Gasteiger partial charge in [0, 0.05) is 12.8 Å². The second-order valence-electron chi connectivity index (χ2n) is 6.34. The Hall–Kier alpha value is -1.55. The average molecular weight is 369 g/mol. The summed E-state index contributed by atoms with van der Waals surface area (Å²) in [6.45, 7) is 4.42. The number of aromatic hydroxyl groups is 1. The van der Waals surface area contributed by atoms with Crippen LogP contribution >= 0.6 is 11.6 Å². The molecule has 0 fully saturated rings. The molecule has 5 heteroatoms. The molecule has 1 aromatic rings. The van der Waals surface area contributed by atoms with E-state index < -0.39 is 5.24 Å². The summed E-state index contributed by atoms with van der Waals surface area (Å²) in [5, 5.41) is 10.0. The van der Waals surface area contributed by atoms with Crippen LogP contribution in [-0.2, 0) is 33.8 Å². The van der Waals surface area contributed by atoms with Gasteiger partial charge < -0.3 is 9.84 Å². The molecule has 0 aliphatic carbocycles. The molecule has 0 amide bonds. The van der Waals surface area contributed by atoms with Gasteiger partial charge in [-0.05, 0) is 72.5 Å². The number of unbranched alkanes of at least 4 members (excludes halogenated alkanes) is 2. The lowest BCUT2D eigenvalue weighted by molar-refractivity contribution is -0.145. The molecule has 1 N–H and O–H groups in total. The van der Waals surface area contributed by atoms with E-state index in [1.54, 1.807) is 0 Å². The Labute approximate surface area is 155 Å². The Kier molecular flexibility index (Phi) is 10.2. The summed E-state index contributed by atoms with van der Waals surface area (Å²) in [5.74, 6) is 0.0498. The summed E-state index contributed by atoms with van der Waals surface area (Å²) in [4.78, 5) is 22.4. The molecule has 4 nitrogen and oxygen atoms in total. The van der Waals surface area contributed by atoms with Gasteiger partial charge in [-0.1, -0.05) is 26.7 Å². The number of carbonyl (C=O) groups excluding carboxylic acids is 2. The third-order valence-electron chi connectivity index (χ3n) is 4.08. The first-order valence-corrected chi connectivity index (χ1v) is 9.53. The van der Waals surface area contributed by atoms with E-state index in [2.05, 4.69) is 13.8 Å². The highest BCUT2D eigenvalue weighted by atomic mass is 35.5. The van der Waals surface area contributed by atoms with E-state index in [0.717, 1.165) is 55.2 Å². The number of carbonyl (C=O) groups is 2. The maximum absolute atomic E-state index is 11.8. The molecule has 0 aliphatic rings. The maximum Gasteiger partial charge on any atom is 0.306 e. The zero-order valence-corrected chi connectivity index (χ0v) is 16.0. The molecule has 0 saturated heterocycles. The van der Waals surface area contributed by atoms with E-state index >= 15 is 0 Å². The number of phenols is 1. The molecule has 0 aromatic heterocycles. The van der Waals surface area contributed by atoms with Crippen LogP contribution < -0.4 is 0 Å². The second-order valence-corrected chi connectivity index (χ2v) is 6.76. The van der Waals surface area contributed by atoms with Gasteiger partial charge >= 0.3 is 5.97 Å². The van der Waals surface area contributed by atoms with Crippen molar-refractivity contribution >= 4 is 22.8 Å². The standard InChI is InChI=1S/C20H29ClO4/c1-3-5-8-16-12-15(13-17(20(16)24)9-6-4-2)14-25-19(23)11-7-10-18(21)22/h12-13,24H,3-11,14H2,1-2H3. The van der Waals surface area contributed by atoms with Crippen molar-refractivity contribution in [3.8, 4) is 5.75 Å². The van der Waals surface area contributed by atoms with Gasteiger partial charge in [0.25, 0.3) is 0 Å². The molecule has 0 radical (unpaired) electrons. The fourth-order valence-electron chi connectivity index (χ4n) is 2.64. The van der Waals surface area contributed by atoms with Crippen LogP contribution in [0, 0.1) is 0 Å². The lowest BCUT2D eigenvalue weighted by atomic mass is 9.97. The molecule has 1 aromatic carbocycles. The zero-order chi connectivity index (χ0) is 18.7. The van der Waals surface area contributed by atoms with Crippen LogP contribution in [0.15, 0.2) is 12.1 Å². The summed E-state index contributed by atoms with van der Waals surface area (Å²) in [6.07, 6.45) is 6.54. The van der Waals surface area contributed by atoms with Crippen molar-refractivity contribution in [1.82, 2.24) is 0 Å². The molecular weight excluding hydrogens is 340 g/mol. The highest BCUT2D eigenvalue weighted by Crippen LogP contribution is 2.28. The Balaban J connectivity index is 2.72. The van der Waals surface area contributed by atoms with Gasteiger partial charge in [0.05, 0.1) is 0 Å². The van der Waals surface area contributed by atoms with Gasteiger partial charge in [-0.3, -0.25) is 9.59 Å². The van der Waals surface area contributed by atoms with Gasteiger partial charge in [0.1, 0.15) is 12.4 Å². The van der Waals surface area contributed by atoms with Crippen molar-refractivity contribution in [3.63, 3.8) is 0 Å². The van der Waals surface area contributed by atoms with Gasteiger partial charge in [-0.2, -0.15) is 0 Å². The van der Waals surface area contributed by atoms with E-state index in [0.29, 0.717) is 12.2 Å². The lowest BCUT2D eigenvalue weighted by Crippen LogP contribution is -2.06. The number of ether oxygens (including phenoxy) is 1. The van der Waals surface area contributed by atoms with Crippen LogP contribution in [0.25, 0.3) is 0 Å². The van der Waals surface area contributed by atoms with Crippen LogP contribution in [0.3, 0.4) is 0 Å². The van der Waals surface area contributed by atoms with E-state index in [4.69, 9.17) is 16.3 Å². The van der Waals surface area contributed by atoms with Crippen LogP contribution in [0.4, 0.5) is 0 Å². The van der Waals surface area contributed by atoms with Gasteiger partial charge in [0.2, 0.25) is 5.24 Å². The fourth-order valence-corrected chi connectivity index (χ4v) is 2.77. The molecule has 0 heterocycles. The summed E-state index contributed by atoms with van der Waals surface area (Å²) < 4.78 is 5.29. The molecule has 1 rings (SSSR count). The third kappa shape index (κ3) is 8.39. The summed E-state index contributed by atoms with van der Waals surface area (Å²) in [6, 6.07) is 3.85. The largest absolute Gasteiger partial charge is 0.507 e. The molecule has 0 unspecified atom stereocenters. The topological polar surface area (TPSA) is 63.6 Å². The van der Waals surface area contributed by atoms with Crippen LogP contribution in [0.5, 0.6) is 5.75 Å². The molecule has 0 saturated carbocycles. The van der Waals surface area contributed by atoms with Crippen LogP contribution in [-0.4, -0.2) is 16.3 Å². The minimum atomic E-state index is -0.438. The van der Waals surface area contributed by atoms with Crippen molar-refractivity contribution < 1.29 is 19.4 Å². The molecular formula is C20H29ClO4. The lowest BCUT2D eigenvalue weighted by Gasteiger charge is -2.13.